The van der Waals surface area contributed by atoms with Crippen molar-refractivity contribution in [1.29, 1.82) is 0 Å². The first-order chi connectivity index (χ1) is 12.7. The van der Waals surface area contributed by atoms with Crippen LogP contribution in [0.15, 0.2) is 51.7 Å². The number of ether oxygens (including phenoxy) is 1. The zero-order valence-corrected chi connectivity index (χ0v) is 14.4. The minimum atomic E-state index is -0.498. The third-order valence-electron chi connectivity index (χ3n) is 4.63. The number of halogens is 1. The van der Waals surface area contributed by atoms with E-state index in [4.69, 9.17) is 9.15 Å². The first kappa shape index (κ1) is 16.6. The van der Waals surface area contributed by atoms with Crippen LogP contribution >= 0.6 is 0 Å². The lowest BCUT2D eigenvalue weighted by atomic mass is 10.1. The number of methoxy groups -OCH3 is 1. The molecule has 6 heteroatoms. The standard InChI is InChI=1S/C20H19FN2O3/c1-25-19-4-2-13(10-16(19)21)20-12-17(24)15-11-14(3-5-18(15)26-20)23-8-6-22-7-9-23/h2-5,10-12,22H,6-9H2,1H3. The fourth-order valence-corrected chi connectivity index (χ4v) is 3.23. The third kappa shape index (κ3) is 3.04. The number of fused-ring (bicyclic) bond motifs is 1. The van der Waals surface area contributed by atoms with Gasteiger partial charge in [0.05, 0.1) is 12.5 Å². The molecule has 0 amide bonds. The predicted octanol–water partition coefficient (Wildman–Crippen LogP) is 3.02. The van der Waals surface area contributed by atoms with E-state index in [0.29, 0.717) is 22.3 Å². The molecule has 1 aliphatic heterocycles. The molecule has 0 spiro atoms. The highest BCUT2D eigenvalue weighted by molar-refractivity contribution is 5.82. The Balaban J connectivity index is 1.75. The molecule has 1 saturated heterocycles. The molecule has 1 fully saturated rings. The summed E-state index contributed by atoms with van der Waals surface area (Å²) >= 11 is 0. The molecule has 2 aromatic carbocycles. The van der Waals surface area contributed by atoms with Gasteiger partial charge in [-0.3, -0.25) is 4.79 Å². The largest absolute Gasteiger partial charge is 0.494 e. The van der Waals surface area contributed by atoms with Crippen molar-refractivity contribution in [3.8, 4) is 17.1 Å². The molecule has 0 unspecified atom stereocenters. The summed E-state index contributed by atoms with van der Waals surface area (Å²) in [5.74, 6) is -0.0154. The molecule has 4 rings (SSSR count). The van der Waals surface area contributed by atoms with Gasteiger partial charge in [-0.15, -0.1) is 0 Å². The van der Waals surface area contributed by atoms with Crippen molar-refractivity contribution < 1.29 is 13.5 Å². The van der Waals surface area contributed by atoms with Gasteiger partial charge in [0.2, 0.25) is 0 Å². The predicted molar refractivity (Wildman–Crippen MR) is 99.5 cm³/mol. The Hall–Kier alpha value is -2.86. The van der Waals surface area contributed by atoms with Crippen LogP contribution in [0.1, 0.15) is 0 Å². The van der Waals surface area contributed by atoms with Crippen LogP contribution in [-0.2, 0) is 0 Å². The smallest absolute Gasteiger partial charge is 0.193 e. The number of benzene rings is 2. The molecule has 134 valence electrons. The monoisotopic (exact) mass is 354 g/mol. The Morgan fingerprint density at radius 3 is 2.65 bits per heavy atom. The zero-order valence-electron chi connectivity index (χ0n) is 14.4. The second kappa shape index (κ2) is 6.80. The van der Waals surface area contributed by atoms with Crippen molar-refractivity contribution in [2.24, 2.45) is 0 Å². The van der Waals surface area contributed by atoms with Crippen molar-refractivity contribution in [3.05, 3.63) is 58.5 Å². The Morgan fingerprint density at radius 2 is 1.92 bits per heavy atom. The van der Waals surface area contributed by atoms with Gasteiger partial charge in [0, 0.05) is 43.5 Å². The third-order valence-corrected chi connectivity index (χ3v) is 4.63. The van der Waals surface area contributed by atoms with Gasteiger partial charge in [-0.1, -0.05) is 0 Å². The van der Waals surface area contributed by atoms with Crippen molar-refractivity contribution in [1.82, 2.24) is 5.32 Å². The van der Waals surface area contributed by atoms with Crippen LogP contribution in [0.3, 0.4) is 0 Å². The lowest BCUT2D eigenvalue weighted by Gasteiger charge is -2.29. The highest BCUT2D eigenvalue weighted by Crippen LogP contribution is 2.28. The van der Waals surface area contributed by atoms with Crippen LogP contribution in [0.5, 0.6) is 5.75 Å². The van der Waals surface area contributed by atoms with Gasteiger partial charge in [0.15, 0.2) is 17.0 Å². The lowest BCUT2D eigenvalue weighted by Crippen LogP contribution is -2.43. The van der Waals surface area contributed by atoms with E-state index < -0.39 is 5.82 Å². The number of piperazine rings is 1. The molecule has 3 aromatic rings. The molecule has 0 radical (unpaired) electrons. The molecular formula is C20H19FN2O3. The first-order valence-electron chi connectivity index (χ1n) is 8.53. The van der Waals surface area contributed by atoms with E-state index in [2.05, 4.69) is 10.2 Å². The Bertz CT molecular complexity index is 1010. The molecule has 0 aliphatic carbocycles. The topological polar surface area (TPSA) is 54.7 Å². The van der Waals surface area contributed by atoms with Crippen LogP contribution in [0.25, 0.3) is 22.3 Å². The molecule has 26 heavy (non-hydrogen) atoms. The summed E-state index contributed by atoms with van der Waals surface area (Å²) in [4.78, 5) is 14.8. The summed E-state index contributed by atoms with van der Waals surface area (Å²) in [7, 11) is 1.41. The molecule has 0 saturated carbocycles. The fourth-order valence-electron chi connectivity index (χ4n) is 3.23. The van der Waals surface area contributed by atoms with Gasteiger partial charge in [-0.2, -0.15) is 0 Å². The summed E-state index contributed by atoms with van der Waals surface area (Å²) < 4.78 is 24.7. The van der Waals surface area contributed by atoms with Gasteiger partial charge in [-0.25, -0.2) is 4.39 Å². The lowest BCUT2D eigenvalue weighted by molar-refractivity contribution is 0.386. The fraction of sp³-hybridized carbons (Fsp3) is 0.250. The van der Waals surface area contributed by atoms with Crippen molar-refractivity contribution >= 4 is 16.7 Å². The van der Waals surface area contributed by atoms with E-state index in [-0.39, 0.29) is 11.2 Å². The number of hydrogen-bond acceptors (Lipinski definition) is 5. The molecular weight excluding hydrogens is 335 g/mol. The Morgan fingerprint density at radius 1 is 1.12 bits per heavy atom. The average molecular weight is 354 g/mol. The van der Waals surface area contributed by atoms with Gasteiger partial charge in [0.25, 0.3) is 0 Å². The van der Waals surface area contributed by atoms with E-state index in [1.807, 2.05) is 12.1 Å². The quantitative estimate of drug-likeness (QED) is 0.784. The van der Waals surface area contributed by atoms with Crippen molar-refractivity contribution in [3.63, 3.8) is 0 Å². The molecule has 2 heterocycles. The minimum absolute atomic E-state index is 0.144. The Labute approximate surface area is 150 Å². The van der Waals surface area contributed by atoms with Crippen LogP contribution in [0, 0.1) is 5.82 Å². The molecule has 1 N–H and O–H groups in total. The average Bonchev–Trinajstić information content (AvgIpc) is 2.68. The van der Waals surface area contributed by atoms with Crippen molar-refractivity contribution in [2.45, 2.75) is 0 Å². The highest BCUT2D eigenvalue weighted by Gasteiger charge is 2.14. The van der Waals surface area contributed by atoms with Crippen LogP contribution < -0.4 is 20.4 Å². The normalized spacial score (nSPS) is 14.6. The van der Waals surface area contributed by atoms with Gasteiger partial charge < -0.3 is 19.4 Å². The number of nitrogens with zero attached hydrogens (tertiary/aromatic N) is 1. The Kier molecular flexibility index (Phi) is 4.34. The van der Waals surface area contributed by atoms with Gasteiger partial charge >= 0.3 is 0 Å². The summed E-state index contributed by atoms with van der Waals surface area (Å²) in [6, 6.07) is 11.5. The van der Waals surface area contributed by atoms with Crippen LogP contribution in [0.4, 0.5) is 10.1 Å². The second-order valence-electron chi connectivity index (χ2n) is 6.24. The van der Waals surface area contributed by atoms with Crippen molar-refractivity contribution in [2.75, 3.05) is 38.2 Å². The van der Waals surface area contributed by atoms with E-state index >= 15 is 0 Å². The summed E-state index contributed by atoms with van der Waals surface area (Å²) in [5.41, 5.74) is 1.85. The molecule has 1 aliphatic rings. The number of nitrogens with one attached hydrogen (secondary N) is 1. The van der Waals surface area contributed by atoms with Crippen LogP contribution in [-0.4, -0.2) is 33.3 Å². The first-order valence-corrected chi connectivity index (χ1v) is 8.53. The summed E-state index contributed by atoms with van der Waals surface area (Å²) in [6.45, 7) is 3.66. The summed E-state index contributed by atoms with van der Waals surface area (Å²) in [5, 5.41) is 3.84. The second-order valence-corrected chi connectivity index (χ2v) is 6.24. The molecule has 1 aromatic heterocycles. The maximum Gasteiger partial charge on any atom is 0.193 e. The SMILES string of the molecule is COc1ccc(-c2cc(=O)c3cc(N4CCNCC4)ccc3o2)cc1F. The maximum absolute atomic E-state index is 14.0. The van der Waals surface area contributed by atoms with E-state index in [1.165, 1.54) is 25.3 Å². The number of anilines is 1. The summed E-state index contributed by atoms with van der Waals surface area (Å²) in [6.07, 6.45) is 0. The minimum Gasteiger partial charge on any atom is -0.494 e. The van der Waals surface area contributed by atoms with Gasteiger partial charge in [0.1, 0.15) is 11.3 Å². The van der Waals surface area contributed by atoms with E-state index in [9.17, 15) is 9.18 Å². The maximum atomic E-state index is 14.0. The number of hydrogen-bond donors (Lipinski definition) is 1. The van der Waals surface area contributed by atoms with Crippen LogP contribution in [0.2, 0.25) is 0 Å². The van der Waals surface area contributed by atoms with Gasteiger partial charge in [-0.05, 0) is 36.4 Å². The molecule has 0 atom stereocenters. The van der Waals surface area contributed by atoms with E-state index in [1.54, 1.807) is 12.1 Å². The molecule has 0 bridgehead atoms. The zero-order chi connectivity index (χ0) is 18.1. The molecule has 5 nitrogen and oxygen atoms in total. The highest BCUT2D eigenvalue weighted by atomic mass is 19.1. The number of rotatable bonds is 3. The van der Waals surface area contributed by atoms with E-state index in [0.717, 1.165) is 31.9 Å².